The standard InChI is InChI=1S/C20H25BrN8O2/c1-3-4-11-17(30)25-16-10-5-7-13(24-16)12-31-20-26-18-14(21)8-6-9-15(18)29(20)19(27-22)28(2)23/h5-10H,3-4,11-12,22-23H2,1-2H3,(H,24,25,30)/b27-19+. The van der Waals surface area contributed by atoms with Gasteiger partial charge in [0, 0.05) is 17.9 Å². The van der Waals surface area contributed by atoms with Gasteiger partial charge in [-0.05, 0) is 46.6 Å². The largest absolute Gasteiger partial charge is 0.458 e. The smallest absolute Gasteiger partial charge is 0.305 e. The zero-order valence-corrected chi connectivity index (χ0v) is 19.0. The third kappa shape index (κ3) is 5.30. The number of hydrogen-bond donors (Lipinski definition) is 3. The maximum Gasteiger partial charge on any atom is 0.305 e. The maximum absolute atomic E-state index is 12.0. The molecule has 5 N–H and O–H groups in total. The fourth-order valence-electron chi connectivity index (χ4n) is 2.95. The molecule has 0 bridgehead atoms. The lowest BCUT2D eigenvalue weighted by Gasteiger charge is -2.17. The number of carbonyl (C=O) groups excluding carboxylic acids is 1. The van der Waals surface area contributed by atoms with Crippen LogP contribution in [0.3, 0.4) is 0 Å². The summed E-state index contributed by atoms with van der Waals surface area (Å²) in [6.45, 7) is 2.16. The highest BCUT2D eigenvalue weighted by Crippen LogP contribution is 2.28. The number of ether oxygens (including phenoxy) is 1. The lowest BCUT2D eigenvalue weighted by atomic mass is 10.2. The molecule has 2 heterocycles. The minimum Gasteiger partial charge on any atom is -0.458 e. The molecule has 10 nitrogen and oxygen atoms in total. The van der Waals surface area contributed by atoms with Crippen molar-refractivity contribution in [2.75, 3.05) is 12.4 Å². The van der Waals surface area contributed by atoms with Crippen LogP contribution in [0.4, 0.5) is 5.82 Å². The Kier molecular flexibility index (Phi) is 7.42. The quantitative estimate of drug-likeness (QED) is 0.201. The molecule has 0 radical (unpaired) electrons. The Hall–Kier alpha value is -3.18. The molecule has 0 spiro atoms. The van der Waals surface area contributed by atoms with Gasteiger partial charge < -0.3 is 15.9 Å². The second-order valence-electron chi connectivity index (χ2n) is 6.83. The molecule has 2 aromatic heterocycles. The number of rotatable bonds is 7. The summed E-state index contributed by atoms with van der Waals surface area (Å²) in [6.07, 6.45) is 2.25. The first kappa shape index (κ1) is 22.5. The van der Waals surface area contributed by atoms with Gasteiger partial charge in [-0.1, -0.05) is 25.5 Å². The number of nitrogens with one attached hydrogen (secondary N) is 1. The summed E-state index contributed by atoms with van der Waals surface area (Å²) in [5.41, 5.74) is 2.01. The summed E-state index contributed by atoms with van der Waals surface area (Å²) < 4.78 is 8.37. The van der Waals surface area contributed by atoms with Crippen molar-refractivity contribution in [3.63, 3.8) is 0 Å². The van der Waals surface area contributed by atoms with Crippen LogP contribution in [0.15, 0.2) is 46.0 Å². The molecule has 1 aromatic carbocycles. The molecule has 11 heteroatoms. The third-order valence-corrected chi connectivity index (χ3v) is 5.06. The number of unbranched alkanes of at least 4 members (excludes halogenated alkanes) is 1. The molecule has 164 valence electrons. The Labute approximate surface area is 188 Å². The number of halogens is 1. The lowest BCUT2D eigenvalue weighted by molar-refractivity contribution is -0.116. The van der Waals surface area contributed by atoms with E-state index in [0.29, 0.717) is 23.4 Å². The Bertz CT molecular complexity index is 1100. The van der Waals surface area contributed by atoms with Crippen LogP contribution in [0.25, 0.3) is 11.0 Å². The van der Waals surface area contributed by atoms with E-state index in [1.54, 1.807) is 29.8 Å². The number of hydrogen-bond acceptors (Lipinski definition) is 7. The summed E-state index contributed by atoms with van der Waals surface area (Å²) in [4.78, 5) is 21.0. The highest BCUT2D eigenvalue weighted by Gasteiger charge is 2.20. The molecule has 0 aliphatic carbocycles. The van der Waals surface area contributed by atoms with Gasteiger partial charge >= 0.3 is 6.01 Å². The summed E-state index contributed by atoms with van der Waals surface area (Å²) in [5, 5.41) is 7.86. The van der Waals surface area contributed by atoms with E-state index in [9.17, 15) is 4.79 Å². The summed E-state index contributed by atoms with van der Waals surface area (Å²) in [7, 11) is 1.62. The zero-order chi connectivity index (χ0) is 22.4. The number of aromatic nitrogens is 3. The van der Waals surface area contributed by atoms with Gasteiger partial charge in [-0.2, -0.15) is 4.98 Å². The highest BCUT2D eigenvalue weighted by molar-refractivity contribution is 9.10. The zero-order valence-electron chi connectivity index (χ0n) is 17.4. The Balaban J connectivity index is 1.85. The van der Waals surface area contributed by atoms with E-state index >= 15 is 0 Å². The molecule has 0 saturated heterocycles. The van der Waals surface area contributed by atoms with Crippen LogP contribution >= 0.6 is 15.9 Å². The van der Waals surface area contributed by atoms with Crippen LogP contribution in [0.2, 0.25) is 0 Å². The van der Waals surface area contributed by atoms with E-state index in [4.69, 9.17) is 16.4 Å². The van der Waals surface area contributed by atoms with Crippen molar-refractivity contribution in [1.82, 2.24) is 19.5 Å². The molecule has 0 aliphatic heterocycles. The average molecular weight is 489 g/mol. The first-order valence-corrected chi connectivity index (χ1v) is 10.6. The number of hydrazine groups is 1. The van der Waals surface area contributed by atoms with Crippen LogP contribution in [0, 0.1) is 0 Å². The van der Waals surface area contributed by atoms with Crippen molar-refractivity contribution < 1.29 is 9.53 Å². The molecule has 31 heavy (non-hydrogen) atoms. The van der Waals surface area contributed by atoms with E-state index in [0.717, 1.165) is 22.8 Å². The molecule has 0 fully saturated rings. The van der Waals surface area contributed by atoms with Crippen LogP contribution in [0.5, 0.6) is 6.01 Å². The van der Waals surface area contributed by atoms with Crippen LogP contribution in [-0.2, 0) is 11.4 Å². The Morgan fingerprint density at radius 1 is 1.29 bits per heavy atom. The summed E-state index contributed by atoms with van der Waals surface area (Å²) in [5.74, 6) is 12.1. The van der Waals surface area contributed by atoms with Gasteiger partial charge in [0.1, 0.15) is 17.9 Å². The van der Waals surface area contributed by atoms with Gasteiger partial charge in [-0.15, -0.1) is 5.10 Å². The van der Waals surface area contributed by atoms with Crippen LogP contribution in [-0.4, -0.2) is 38.5 Å². The van der Waals surface area contributed by atoms with Gasteiger partial charge in [0.2, 0.25) is 11.9 Å². The van der Waals surface area contributed by atoms with E-state index in [1.807, 2.05) is 25.1 Å². The molecule has 0 atom stereocenters. The molecule has 0 saturated carbocycles. The van der Waals surface area contributed by atoms with E-state index < -0.39 is 0 Å². The second kappa shape index (κ2) is 10.2. The van der Waals surface area contributed by atoms with Gasteiger partial charge in [0.25, 0.3) is 0 Å². The van der Waals surface area contributed by atoms with Gasteiger partial charge in [-0.25, -0.2) is 15.4 Å². The number of hydrazone groups is 1. The topological polar surface area (TPSA) is 137 Å². The van der Waals surface area contributed by atoms with Crippen molar-refractivity contribution >= 4 is 44.6 Å². The predicted octanol–water partition coefficient (Wildman–Crippen LogP) is 2.78. The van der Waals surface area contributed by atoms with E-state index in [1.165, 1.54) is 5.01 Å². The molecule has 0 aliphatic rings. The number of carbonyl (C=O) groups is 1. The van der Waals surface area contributed by atoms with Crippen molar-refractivity contribution in [3.8, 4) is 6.01 Å². The number of anilines is 1. The molecular weight excluding hydrogens is 464 g/mol. The highest BCUT2D eigenvalue weighted by atomic mass is 79.9. The van der Waals surface area contributed by atoms with Crippen LogP contribution in [0.1, 0.15) is 31.9 Å². The third-order valence-electron chi connectivity index (χ3n) is 4.42. The summed E-state index contributed by atoms with van der Waals surface area (Å²) >= 11 is 3.50. The van der Waals surface area contributed by atoms with Crippen molar-refractivity contribution in [1.29, 1.82) is 0 Å². The van der Waals surface area contributed by atoms with Crippen molar-refractivity contribution in [2.45, 2.75) is 32.8 Å². The van der Waals surface area contributed by atoms with E-state index in [-0.39, 0.29) is 24.5 Å². The number of para-hydroxylation sites is 1. The Morgan fingerprint density at radius 3 is 2.77 bits per heavy atom. The van der Waals surface area contributed by atoms with E-state index in [2.05, 4.69) is 36.3 Å². The molecule has 3 rings (SSSR count). The number of benzene rings is 1. The van der Waals surface area contributed by atoms with Gasteiger partial charge in [-0.3, -0.25) is 9.80 Å². The van der Waals surface area contributed by atoms with Gasteiger partial charge in [0.15, 0.2) is 0 Å². The SMILES string of the molecule is CCCCC(=O)Nc1cccc(COc2nc3c(Br)cccc3n2/C(=N/N)N(C)N)n1. The number of pyridine rings is 1. The number of amides is 1. The Morgan fingerprint density at radius 2 is 2.06 bits per heavy atom. The predicted molar refractivity (Wildman–Crippen MR) is 123 cm³/mol. The first-order chi connectivity index (χ1) is 14.9. The first-order valence-electron chi connectivity index (χ1n) is 9.76. The van der Waals surface area contributed by atoms with Crippen LogP contribution < -0.4 is 21.7 Å². The van der Waals surface area contributed by atoms with Crippen molar-refractivity contribution in [3.05, 3.63) is 46.6 Å². The molecular formula is C20H25BrN8O2. The van der Waals surface area contributed by atoms with Gasteiger partial charge in [0.05, 0.1) is 11.2 Å². The lowest BCUT2D eigenvalue weighted by Crippen LogP contribution is -2.39. The average Bonchev–Trinajstić information content (AvgIpc) is 3.11. The maximum atomic E-state index is 12.0. The summed E-state index contributed by atoms with van der Waals surface area (Å²) in [6, 6.07) is 11.2. The number of fused-ring (bicyclic) bond motifs is 1. The second-order valence-corrected chi connectivity index (χ2v) is 7.69. The fourth-order valence-corrected chi connectivity index (χ4v) is 3.40. The monoisotopic (exact) mass is 488 g/mol. The number of nitrogens with two attached hydrogens (primary N) is 2. The normalized spacial score (nSPS) is 11.5. The van der Waals surface area contributed by atoms with Crippen molar-refractivity contribution in [2.24, 2.45) is 16.8 Å². The minimum absolute atomic E-state index is 0.0613. The molecule has 0 unspecified atom stereocenters. The fraction of sp³-hybridized carbons (Fsp3) is 0.300. The number of nitrogens with zero attached hydrogens (tertiary/aromatic N) is 5. The molecule has 1 amide bonds. The minimum atomic E-state index is -0.0613. The number of imidazole rings is 1. The molecule has 3 aromatic rings.